The second-order valence-corrected chi connectivity index (χ2v) is 14.4. The second kappa shape index (κ2) is 9.57. The van der Waals surface area contributed by atoms with Gasteiger partial charge in [-0.1, -0.05) is 27.3 Å². The molecule has 3 aliphatic rings. The maximum absolute atomic E-state index is 12.7. The molecule has 1 aliphatic heterocycles. The Morgan fingerprint density at radius 2 is 1.92 bits per heavy atom. The summed E-state index contributed by atoms with van der Waals surface area (Å²) in [5, 5.41) is 9.30. The van der Waals surface area contributed by atoms with Crippen LogP contribution in [0.5, 0.6) is 5.75 Å². The number of H-pyrrole nitrogens is 1. The van der Waals surface area contributed by atoms with E-state index in [0.29, 0.717) is 34.4 Å². The van der Waals surface area contributed by atoms with Crippen molar-refractivity contribution in [3.8, 4) is 5.75 Å². The van der Waals surface area contributed by atoms with Gasteiger partial charge < -0.3 is 15.0 Å². The third-order valence-corrected chi connectivity index (χ3v) is 11.6. The van der Waals surface area contributed by atoms with Crippen LogP contribution >= 0.6 is 39.0 Å². The molecule has 1 amide bonds. The van der Waals surface area contributed by atoms with E-state index in [-0.39, 0.29) is 28.2 Å². The van der Waals surface area contributed by atoms with Gasteiger partial charge in [-0.15, -0.1) is 11.8 Å². The van der Waals surface area contributed by atoms with E-state index < -0.39 is 10.0 Å². The van der Waals surface area contributed by atoms with Crippen molar-refractivity contribution in [2.24, 2.45) is 22.9 Å². The number of rotatable bonds is 6. The monoisotopic (exact) mass is 621 g/mol. The number of aromatic amines is 1. The smallest absolute Gasteiger partial charge is 0.305 e. The van der Waals surface area contributed by atoms with Crippen molar-refractivity contribution in [2.75, 3.05) is 11.9 Å². The first-order valence-electron chi connectivity index (χ1n) is 11.9. The van der Waals surface area contributed by atoms with Gasteiger partial charge in [0.25, 0.3) is 5.91 Å². The van der Waals surface area contributed by atoms with Gasteiger partial charge in [0, 0.05) is 31.8 Å². The van der Waals surface area contributed by atoms with Gasteiger partial charge in [-0.2, -0.15) is 0 Å². The van der Waals surface area contributed by atoms with Crippen LogP contribution in [0.25, 0.3) is 0 Å². The molecule has 12 heteroatoms. The first kappa shape index (κ1) is 25.2. The van der Waals surface area contributed by atoms with Crippen LogP contribution in [-0.2, 0) is 14.8 Å². The van der Waals surface area contributed by atoms with Crippen LogP contribution in [0.3, 0.4) is 0 Å². The van der Waals surface area contributed by atoms with E-state index in [1.165, 1.54) is 54.9 Å². The predicted octanol–water partition coefficient (Wildman–Crippen LogP) is 4.52. The van der Waals surface area contributed by atoms with Crippen molar-refractivity contribution in [1.82, 2.24) is 4.98 Å². The number of sulfonamides is 1. The van der Waals surface area contributed by atoms with Gasteiger partial charge in [-0.05, 0) is 79.5 Å². The molecule has 37 heavy (non-hydrogen) atoms. The normalized spacial score (nSPS) is 25.9. The molecule has 2 saturated carbocycles. The number of nitrogens with one attached hydrogen (secondary N) is 2. The highest BCUT2D eigenvalue weighted by Crippen LogP contribution is 2.64. The van der Waals surface area contributed by atoms with Crippen molar-refractivity contribution >= 4 is 60.6 Å². The SMILES string of the molecule is NS(=O)(=O)c1ccc(NC(=O)COc2ccc(Br)cc2[C@H]2c3sc(=O)[nH]c3SC3C4CCC(C4)C32)cc1. The Morgan fingerprint density at radius 1 is 1.16 bits per heavy atom. The highest BCUT2D eigenvalue weighted by atomic mass is 79.9. The fourth-order valence-corrected chi connectivity index (χ4v) is 9.94. The zero-order chi connectivity index (χ0) is 25.9. The number of thiazole rings is 1. The summed E-state index contributed by atoms with van der Waals surface area (Å²) in [5.41, 5.74) is 1.42. The summed E-state index contributed by atoms with van der Waals surface area (Å²) in [6.45, 7) is -0.219. The standard InChI is InChI=1S/C25H24BrN3O5S3/c26-14-3-8-18(34-11-19(30)28-15-4-6-16(7-5-15)37(27,32)33)17(10-14)21-20-12-1-2-13(9-12)22(20)35-24-23(21)36-25(31)29-24/h3-8,10,12-13,20-22H,1-2,9,11H2,(H,28,30)(H,29,31)(H2,27,32,33)/t12?,13?,20?,21-,22?/m1/s1. The molecule has 2 fully saturated rings. The van der Waals surface area contributed by atoms with Gasteiger partial charge in [0.1, 0.15) is 5.75 Å². The summed E-state index contributed by atoms with van der Waals surface area (Å²) in [6.07, 6.45) is 3.69. The number of carbonyl (C=O) groups is 1. The van der Waals surface area contributed by atoms with Crippen molar-refractivity contribution in [3.05, 3.63) is 67.0 Å². The molecule has 2 bridgehead atoms. The highest BCUT2D eigenvalue weighted by molar-refractivity contribution is 9.10. The summed E-state index contributed by atoms with van der Waals surface area (Å²) in [7, 11) is -3.81. The number of anilines is 1. The molecule has 0 radical (unpaired) electrons. The van der Waals surface area contributed by atoms with Crippen molar-refractivity contribution < 1.29 is 17.9 Å². The second-order valence-electron chi connectivity index (χ2n) is 9.77. The van der Waals surface area contributed by atoms with Crippen LogP contribution in [0, 0.1) is 17.8 Å². The number of aromatic nitrogens is 1. The van der Waals surface area contributed by atoms with Gasteiger partial charge in [0.2, 0.25) is 10.0 Å². The number of nitrogens with two attached hydrogens (primary N) is 1. The minimum atomic E-state index is -3.81. The number of halogens is 1. The van der Waals surface area contributed by atoms with Gasteiger partial charge in [-0.25, -0.2) is 13.6 Å². The third kappa shape index (κ3) is 4.78. The lowest BCUT2D eigenvalue weighted by atomic mass is 9.74. The van der Waals surface area contributed by atoms with Crippen molar-refractivity contribution in [2.45, 2.75) is 40.4 Å². The summed E-state index contributed by atoms with van der Waals surface area (Å²) in [6, 6.07) is 11.4. The average molecular weight is 623 g/mol. The minimum absolute atomic E-state index is 0.0295. The quantitative estimate of drug-likeness (QED) is 0.371. The number of thioether (sulfide) groups is 1. The van der Waals surface area contributed by atoms with Crippen LogP contribution in [0.4, 0.5) is 5.69 Å². The molecular weight excluding hydrogens is 598 g/mol. The lowest BCUT2D eigenvalue weighted by molar-refractivity contribution is -0.118. The van der Waals surface area contributed by atoms with Crippen LogP contribution in [-0.4, -0.2) is 31.2 Å². The Bertz CT molecular complexity index is 1540. The molecule has 5 atom stereocenters. The fourth-order valence-electron chi connectivity index (χ4n) is 6.16. The number of ether oxygens (including phenoxy) is 1. The predicted molar refractivity (Wildman–Crippen MR) is 147 cm³/mol. The lowest BCUT2D eigenvalue weighted by Gasteiger charge is -2.40. The molecule has 2 aliphatic carbocycles. The van der Waals surface area contributed by atoms with Crippen molar-refractivity contribution in [3.63, 3.8) is 0 Å². The third-order valence-electron chi connectivity index (χ3n) is 7.60. The Kier molecular flexibility index (Phi) is 6.51. The number of carbonyl (C=O) groups excluding carboxylic acids is 1. The summed E-state index contributed by atoms with van der Waals surface area (Å²) < 4.78 is 29.9. The minimum Gasteiger partial charge on any atom is -0.483 e. The Morgan fingerprint density at radius 3 is 2.68 bits per heavy atom. The summed E-state index contributed by atoms with van der Waals surface area (Å²) >= 11 is 6.72. The van der Waals surface area contributed by atoms with E-state index in [1.807, 2.05) is 23.9 Å². The lowest BCUT2D eigenvalue weighted by Crippen LogP contribution is -2.34. The molecular formula is C25H24BrN3O5S3. The maximum atomic E-state index is 12.7. The highest BCUT2D eigenvalue weighted by Gasteiger charge is 2.55. The Hall–Kier alpha value is -2.12. The molecule has 3 aromatic rings. The van der Waals surface area contributed by atoms with E-state index in [2.05, 4.69) is 32.3 Å². The van der Waals surface area contributed by atoms with Crippen LogP contribution in [0.1, 0.15) is 35.6 Å². The number of hydrogen-bond acceptors (Lipinski definition) is 7. The molecule has 8 nitrogen and oxygen atoms in total. The molecule has 2 aromatic carbocycles. The molecule has 194 valence electrons. The van der Waals surface area contributed by atoms with E-state index in [0.717, 1.165) is 19.9 Å². The van der Waals surface area contributed by atoms with Crippen LogP contribution in [0.15, 0.2) is 61.7 Å². The molecule has 4 N–H and O–H groups in total. The Balaban J connectivity index is 1.26. The maximum Gasteiger partial charge on any atom is 0.305 e. The molecule has 0 saturated heterocycles. The number of fused-ring (bicyclic) bond motifs is 6. The number of benzene rings is 2. The number of primary sulfonamides is 1. The first-order chi connectivity index (χ1) is 17.7. The average Bonchev–Trinajstić information content (AvgIpc) is 3.56. The van der Waals surface area contributed by atoms with Crippen LogP contribution < -0.4 is 20.1 Å². The zero-order valence-corrected chi connectivity index (χ0v) is 23.5. The van der Waals surface area contributed by atoms with E-state index in [4.69, 9.17) is 9.88 Å². The summed E-state index contributed by atoms with van der Waals surface area (Å²) in [4.78, 5) is 29.1. The van der Waals surface area contributed by atoms with Gasteiger partial charge in [0.05, 0.1) is 9.92 Å². The summed E-state index contributed by atoms with van der Waals surface area (Å²) in [5.74, 6) is 1.98. The van der Waals surface area contributed by atoms with Gasteiger partial charge in [0.15, 0.2) is 6.61 Å². The molecule has 1 aromatic heterocycles. The Labute approximate surface area is 230 Å². The van der Waals surface area contributed by atoms with E-state index >= 15 is 0 Å². The zero-order valence-electron chi connectivity index (χ0n) is 19.5. The van der Waals surface area contributed by atoms with E-state index in [9.17, 15) is 18.0 Å². The largest absolute Gasteiger partial charge is 0.483 e. The topological polar surface area (TPSA) is 131 Å². The molecule has 0 spiro atoms. The van der Waals surface area contributed by atoms with Gasteiger partial charge in [-0.3, -0.25) is 9.59 Å². The molecule has 6 rings (SSSR count). The molecule has 2 heterocycles. The molecule has 4 unspecified atom stereocenters. The van der Waals surface area contributed by atoms with Gasteiger partial charge >= 0.3 is 4.87 Å². The van der Waals surface area contributed by atoms with Crippen molar-refractivity contribution in [1.29, 1.82) is 0 Å². The van der Waals surface area contributed by atoms with Crippen LogP contribution in [0.2, 0.25) is 0 Å². The van der Waals surface area contributed by atoms with E-state index in [1.54, 1.807) is 0 Å². The fraction of sp³-hybridized carbons (Fsp3) is 0.360. The first-order valence-corrected chi connectivity index (χ1v) is 16.0. The number of amides is 1. The number of hydrogen-bond donors (Lipinski definition) is 3.